The number of ether oxygens (including phenoxy) is 3. The first kappa shape index (κ1) is 16.6. The zero-order chi connectivity index (χ0) is 16.9. The van der Waals surface area contributed by atoms with Gasteiger partial charge in [-0.2, -0.15) is 0 Å². The molecule has 1 N–H and O–H groups in total. The van der Waals surface area contributed by atoms with Crippen molar-refractivity contribution < 1.29 is 23.8 Å². The van der Waals surface area contributed by atoms with Crippen molar-refractivity contribution in [2.45, 2.75) is 26.2 Å². The summed E-state index contributed by atoms with van der Waals surface area (Å²) in [4.78, 5) is 24.1. The standard InChI is InChI=1S/C17H22N2O5/c1-2-22-17(21)13-4-3-7-19(10-13)18-16(20)9-12-5-6-14-15(8-12)24-11-23-14/h5-6,8,13H,2-4,7,9-11H2,1H3,(H,18,20). The summed E-state index contributed by atoms with van der Waals surface area (Å²) in [7, 11) is 0. The van der Waals surface area contributed by atoms with E-state index in [4.69, 9.17) is 14.2 Å². The first-order chi connectivity index (χ1) is 11.7. The lowest BCUT2D eigenvalue weighted by Gasteiger charge is -2.31. The quantitative estimate of drug-likeness (QED) is 0.817. The number of hydrogen-bond donors (Lipinski definition) is 1. The summed E-state index contributed by atoms with van der Waals surface area (Å²) in [6.07, 6.45) is 1.90. The van der Waals surface area contributed by atoms with Gasteiger partial charge in [-0.25, -0.2) is 5.01 Å². The van der Waals surface area contributed by atoms with Gasteiger partial charge in [0.2, 0.25) is 12.7 Å². The van der Waals surface area contributed by atoms with Gasteiger partial charge in [0, 0.05) is 13.1 Å². The van der Waals surface area contributed by atoms with E-state index in [-0.39, 0.29) is 31.0 Å². The van der Waals surface area contributed by atoms with Gasteiger partial charge in [0.15, 0.2) is 11.5 Å². The van der Waals surface area contributed by atoms with E-state index < -0.39 is 0 Å². The number of nitrogens with zero attached hydrogens (tertiary/aromatic N) is 1. The first-order valence-electron chi connectivity index (χ1n) is 8.25. The topological polar surface area (TPSA) is 77.1 Å². The molecule has 3 rings (SSSR count). The van der Waals surface area contributed by atoms with E-state index in [2.05, 4.69) is 5.43 Å². The molecule has 0 radical (unpaired) electrons. The Hall–Kier alpha value is -2.28. The number of hydrazine groups is 1. The van der Waals surface area contributed by atoms with Gasteiger partial charge in [-0.3, -0.25) is 15.0 Å². The summed E-state index contributed by atoms with van der Waals surface area (Å²) in [5.41, 5.74) is 3.73. The number of esters is 1. The van der Waals surface area contributed by atoms with Gasteiger partial charge >= 0.3 is 5.97 Å². The molecule has 0 aromatic heterocycles. The van der Waals surface area contributed by atoms with Crippen molar-refractivity contribution >= 4 is 11.9 Å². The normalized spacial score (nSPS) is 19.8. The number of piperidine rings is 1. The van der Waals surface area contributed by atoms with Gasteiger partial charge in [0.05, 0.1) is 18.9 Å². The Balaban J connectivity index is 1.52. The summed E-state index contributed by atoms with van der Waals surface area (Å²) in [5.74, 6) is 0.892. The predicted octanol–water partition coefficient (Wildman–Crippen LogP) is 1.26. The molecule has 1 aromatic rings. The highest BCUT2D eigenvalue weighted by molar-refractivity contribution is 5.78. The van der Waals surface area contributed by atoms with Crippen LogP contribution in [0.1, 0.15) is 25.3 Å². The zero-order valence-electron chi connectivity index (χ0n) is 13.7. The second-order valence-electron chi connectivity index (χ2n) is 5.94. The second-order valence-corrected chi connectivity index (χ2v) is 5.94. The number of carbonyl (C=O) groups excluding carboxylic acids is 2. The van der Waals surface area contributed by atoms with Gasteiger partial charge in [-0.15, -0.1) is 0 Å². The molecule has 1 saturated heterocycles. The Morgan fingerprint density at radius 1 is 1.33 bits per heavy atom. The molecule has 0 aliphatic carbocycles. The molecule has 130 valence electrons. The molecule has 2 aliphatic rings. The fourth-order valence-electron chi connectivity index (χ4n) is 2.98. The Morgan fingerprint density at radius 2 is 2.17 bits per heavy atom. The van der Waals surface area contributed by atoms with Crippen LogP contribution in [0.4, 0.5) is 0 Å². The van der Waals surface area contributed by atoms with E-state index in [0.717, 1.165) is 24.9 Å². The van der Waals surface area contributed by atoms with E-state index >= 15 is 0 Å². The monoisotopic (exact) mass is 334 g/mol. The molecular weight excluding hydrogens is 312 g/mol. The van der Waals surface area contributed by atoms with E-state index in [1.54, 1.807) is 11.9 Å². The van der Waals surface area contributed by atoms with Crippen LogP contribution in [-0.2, 0) is 20.7 Å². The highest BCUT2D eigenvalue weighted by atomic mass is 16.7. The van der Waals surface area contributed by atoms with E-state index in [1.165, 1.54) is 0 Å². The predicted molar refractivity (Wildman–Crippen MR) is 85.3 cm³/mol. The third kappa shape index (κ3) is 3.97. The molecule has 7 nitrogen and oxygen atoms in total. The second kappa shape index (κ2) is 7.53. The van der Waals surface area contributed by atoms with Crippen LogP contribution in [0.15, 0.2) is 18.2 Å². The number of hydrogen-bond acceptors (Lipinski definition) is 6. The van der Waals surface area contributed by atoms with Crippen LogP contribution in [0.2, 0.25) is 0 Å². The number of fused-ring (bicyclic) bond motifs is 1. The molecule has 1 aromatic carbocycles. The average Bonchev–Trinajstić information content (AvgIpc) is 3.03. The molecule has 1 amide bonds. The summed E-state index contributed by atoms with van der Waals surface area (Å²) in [6.45, 7) is 3.62. The van der Waals surface area contributed by atoms with Gasteiger partial charge in [-0.1, -0.05) is 6.07 Å². The smallest absolute Gasteiger partial charge is 0.310 e. The highest BCUT2D eigenvalue weighted by Gasteiger charge is 2.27. The van der Waals surface area contributed by atoms with Crippen molar-refractivity contribution in [2.24, 2.45) is 5.92 Å². The third-order valence-electron chi connectivity index (χ3n) is 4.13. The van der Waals surface area contributed by atoms with E-state index in [0.29, 0.717) is 24.7 Å². The fourth-order valence-corrected chi connectivity index (χ4v) is 2.98. The average molecular weight is 334 g/mol. The van der Waals surface area contributed by atoms with E-state index in [1.807, 2.05) is 18.2 Å². The minimum absolute atomic E-state index is 0.113. The molecule has 24 heavy (non-hydrogen) atoms. The van der Waals surface area contributed by atoms with Crippen LogP contribution in [0.3, 0.4) is 0 Å². The van der Waals surface area contributed by atoms with Crippen LogP contribution >= 0.6 is 0 Å². The fraction of sp³-hybridized carbons (Fsp3) is 0.529. The van der Waals surface area contributed by atoms with Gasteiger partial charge in [0.1, 0.15) is 0 Å². The van der Waals surface area contributed by atoms with Gasteiger partial charge in [0.25, 0.3) is 0 Å². The maximum absolute atomic E-state index is 12.2. The van der Waals surface area contributed by atoms with Gasteiger partial charge < -0.3 is 14.2 Å². The van der Waals surface area contributed by atoms with Crippen molar-refractivity contribution in [2.75, 3.05) is 26.5 Å². The maximum Gasteiger partial charge on any atom is 0.310 e. The SMILES string of the molecule is CCOC(=O)C1CCCN(NC(=O)Cc2ccc3c(c2)OCO3)C1. The van der Waals surface area contributed by atoms with Crippen LogP contribution < -0.4 is 14.9 Å². The molecule has 2 heterocycles. The minimum atomic E-state index is -0.188. The van der Waals surface area contributed by atoms with E-state index in [9.17, 15) is 9.59 Å². The largest absolute Gasteiger partial charge is 0.466 e. The lowest BCUT2D eigenvalue weighted by molar-refractivity contribution is -0.151. The Bertz CT molecular complexity index is 619. The summed E-state index contributed by atoms with van der Waals surface area (Å²) >= 11 is 0. The molecule has 0 saturated carbocycles. The van der Waals surface area contributed by atoms with Crippen molar-refractivity contribution in [1.29, 1.82) is 0 Å². The molecule has 1 fully saturated rings. The minimum Gasteiger partial charge on any atom is -0.466 e. The number of nitrogens with one attached hydrogen (secondary N) is 1. The number of amides is 1. The van der Waals surface area contributed by atoms with Crippen molar-refractivity contribution in [3.05, 3.63) is 23.8 Å². The molecule has 0 spiro atoms. The Kier molecular flexibility index (Phi) is 5.20. The Labute approximate surface area is 140 Å². The van der Waals surface area contributed by atoms with Crippen LogP contribution in [-0.4, -0.2) is 43.4 Å². The van der Waals surface area contributed by atoms with Crippen LogP contribution in [0, 0.1) is 5.92 Å². The van der Waals surface area contributed by atoms with Crippen molar-refractivity contribution in [3.63, 3.8) is 0 Å². The first-order valence-corrected chi connectivity index (χ1v) is 8.25. The van der Waals surface area contributed by atoms with Crippen LogP contribution in [0.5, 0.6) is 11.5 Å². The molecule has 7 heteroatoms. The lowest BCUT2D eigenvalue weighted by Crippen LogP contribution is -2.49. The maximum atomic E-state index is 12.2. The summed E-state index contributed by atoms with van der Waals surface area (Å²) < 4.78 is 15.6. The Morgan fingerprint density at radius 3 is 3.00 bits per heavy atom. The highest BCUT2D eigenvalue weighted by Crippen LogP contribution is 2.32. The number of benzene rings is 1. The van der Waals surface area contributed by atoms with Crippen molar-refractivity contribution in [1.82, 2.24) is 10.4 Å². The number of rotatable bonds is 5. The van der Waals surface area contributed by atoms with Gasteiger partial charge in [-0.05, 0) is 37.5 Å². The number of carbonyl (C=O) groups is 2. The zero-order valence-corrected chi connectivity index (χ0v) is 13.7. The molecular formula is C17H22N2O5. The van der Waals surface area contributed by atoms with Crippen molar-refractivity contribution in [3.8, 4) is 11.5 Å². The van der Waals surface area contributed by atoms with Crippen LogP contribution in [0.25, 0.3) is 0 Å². The molecule has 0 bridgehead atoms. The summed E-state index contributed by atoms with van der Waals surface area (Å²) in [6, 6.07) is 5.48. The lowest BCUT2D eigenvalue weighted by atomic mass is 9.99. The molecule has 2 aliphatic heterocycles. The third-order valence-corrected chi connectivity index (χ3v) is 4.13. The summed E-state index contributed by atoms with van der Waals surface area (Å²) in [5, 5.41) is 1.81. The molecule has 1 atom stereocenters. The molecule has 1 unspecified atom stereocenters.